The summed E-state index contributed by atoms with van der Waals surface area (Å²) in [5.74, 6) is 0.606. The Hall–Kier alpha value is -2.91. The molecule has 1 aliphatic carbocycles. The first-order valence-corrected chi connectivity index (χ1v) is 12.5. The maximum absolute atomic E-state index is 11.3. The van der Waals surface area contributed by atoms with Gasteiger partial charge in [-0.3, -0.25) is 4.68 Å². The fraction of sp³-hybridized carbons (Fsp3) is 0.391. The molecule has 0 unspecified atom stereocenters. The van der Waals surface area contributed by atoms with Crippen molar-refractivity contribution >= 4 is 15.7 Å². The van der Waals surface area contributed by atoms with Gasteiger partial charge in [-0.15, -0.1) is 0 Å². The third kappa shape index (κ3) is 5.28. The molecule has 2 heterocycles. The molecule has 0 spiro atoms. The van der Waals surface area contributed by atoms with Gasteiger partial charge in [-0.1, -0.05) is 18.6 Å². The number of nitrogens with two attached hydrogens (primary N) is 2. The van der Waals surface area contributed by atoms with Gasteiger partial charge < -0.3 is 10.5 Å². The van der Waals surface area contributed by atoms with E-state index in [4.69, 9.17) is 15.6 Å². The number of hydrogen-bond acceptors (Lipinski definition) is 6. The van der Waals surface area contributed by atoms with E-state index in [2.05, 4.69) is 22.2 Å². The summed E-state index contributed by atoms with van der Waals surface area (Å²) in [6.07, 6.45) is 10.5. The van der Waals surface area contributed by atoms with E-state index in [0.717, 1.165) is 55.3 Å². The van der Waals surface area contributed by atoms with Crippen molar-refractivity contribution in [2.24, 2.45) is 5.14 Å². The topological polar surface area (TPSA) is 126 Å². The van der Waals surface area contributed by atoms with Crippen molar-refractivity contribution in [3.8, 4) is 17.0 Å². The van der Waals surface area contributed by atoms with Crippen molar-refractivity contribution in [2.45, 2.75) is 56.5 Å². The number of fused-ring (bicyclic) bond motifs is 1. The maximum atomic E-state index is 11.3. The number of ether oxygens (including phenoxy) is 1. The molecule has 0 bridgehead atoms. The van der Waals surface area contributed by atoms with E-state index in [-0.39, 0.29) is 5.03 Å². The number of anilines is 1. The Labute approximate surface area is 188 Å². The average molecular weight is 456 g/mol. The molecule has 0 saturated heterocycles. The van der Waals surface area contributed by atoms with Crippen molar-refractivity contribution in [2.75, 3.05) is 12.3 Å². The molecule has 8 nitrogen and oxygen atoms in total. The molecule has 9 heteroatoms. The number of pyridine rings is 1. The number of rotatable bonds is 10. The normalized spacial score (nSPS) is 13.3. The molecule has 0 saturated carbocycles. The van der Waals surface area contributed by atoms with Crippen LogP contribution >= 0.6 is 0 Å². The maximum Gasteiger partial charge on any atom is 0.257 e. The third-order valence-corrected chi connectivity index (χ3v) is 6.61. The van der Waals surface area contributed by atoms with E-state index < -0.39 is 10.0 Å². The molecule has 32 heavy (non-hydrogen) atoms. The van der Waals surface area contributed by atoms with E-state index in [1.807, 2.05) is 12.1 Å². The molecule has 0 aliphatic heterocycles. The van der Waals surface area contributed by atoms with Gasteiger partial charge in [-0.2, -0.15) is 5.10 Å². The highest BCUT2D eigenvalue weighted by Crippen LogP contribution is 2.35. The van der Waals surface area contributed by atoms with Crippen LogP contribution in [0.3, 0.4) is 0 Å². The first-order chi connectivity index (χ1) is 15.4. The van der Waals surface area contributed by atoms with E-state index in [1.54, 1.807) is 17.1 Å². The first-order valence-electron chi connectivity index (χ1n) is 11.0. The standard InChI is InChI=1S/C23H29N5O3S/c24-23-19-7-5-6-17(19)8-9-20(23)18-10-12-26-21(16-18)31-15-4-2-1-3-13-28-14-11-22(27-28)32(25,29)30/h8-12,14,16H,1-7,13,15,24H2,(H2,25,29,30). The molecular formula is C23H29N5O3S. The molecule has 0 fully saturated rings. The Kier molecular flexibility index (Phi) is 6.76. The first kappa shape index (κ1) is 22.3. The Morgan fingerprint density at radius 3 is 2.72 bits per heavy atom. The Morgan fingerprint density at radius 1 is 1.06 bits per heavy atom. The average Bonchev–Trinajstić information content (AvgIpc) is 3.43. The van der Waals surface area contributed by atoms with Crippen LogP contribution in [-0.2, 0) is 29.4 Å². The minimum Gasteiger partial charge on any atom is -0.478 e. The smallest absolute Gasteiger partial charge is 0.257 e. The number of nitrogens with zero attached hydrogens (tertiary/aromatic N) is 3. The van der Waals surface area contributed by atoms with Gasteiger partial charge >= 0.3 is 0 Å². The second kappa shape index (κ2) is 9.70. The van der Waals surface area contributed by atoms with Crippen LogP contribution in [0.1, 0.15) is 43.2 Å². The van der Waals surface area contributed by atoms with Gasteiger partial charge in [0.25, 0.3) is 10.0 Å². The lowest BCUT2D eigenvalue weighted by molar-refractivity contribution is 0.293. The SMILES string of the molecule is Nc1c(-c2ccnc(OCCCCCCn3ccc(S(N)(=O)=O)n3)c2)ccc2c1CCC2. The fourth-order valence-corrected chi connectivity index (χ4v) is 4.60. The summed E-state index contributed by atoms with van der Waals surface area (Å²) in [6, 6.07) is 9.63. The monoisotopic (exact) mass is 455 g/mol. The summed E-state index contributed by atoms with van der Waals surface area (Å²) in [7, 11) is -3.74. The van der Waals surface area contributed by atoms with E-state index in [9.17, 15) is 8.42 Å². The van der Waals surface area contributed by atoms with Gasteiger partial charge in [-0.25, -0.2) is 18.5 Å². The van der Waals surface area contributed by atoms with E-state index in [1.165, 1.54) is 23.6 Å². The molecule has 3 aromatic rings. The van der Waals surface area contributed by atoms with Crippen LogP contribution in [0.25, 0.3) is 11.1 Å². The number of nitrogen functional groups attached to an aromatic ring is 1. The lowest BCUT2D eigenvalue weighted by Crippen LogP contribution is -2.13. The molecular weight excluding hydrogens is 426 g/mol. The largest absolute Gasteiger partial charge is 0.478 e. The molecule has 1 aromatic carbocycles. The van der Waals surface area contributed by atoms with Gasteiger partial charge in [0.2, 0.25) is 5.88 Å². The second-order valence-electron chi connectivity index (χ2n) is 8.13. The number of benzene rings is 1. The molecule has 1 aliphatic rings. The van der Waals surface area contributed by atoms with E-state index in [0.29, 0.717) is 19.0 Å². The summed E-state index contributed by atoms with van der Waals surface area (Å²) < 4.78 is 30.0. The van der Waals surface area contributed by atoms with Gasteiger partial charge in [0, 0.05) is 36.3 Å². The van der Waals surface area contributed by atoms with Crippen LogP contribution in [0.5, 0.6) is 5.88 Å². The summed E-state index contributed by atoms with van der Waals surface area (Å²) in [4.78, 5) is 4.33. The van der Waals surface area contributed by atoms with Crippen LogP contribution in [0.4, 0.5) is 5.69 Å². The van der Waals surface area contributed by atoms with Gasteiger partial charge in [0.1, 0.15) is 0 Å². The number of aromatic nitrogens is 3. The fourth-order valence-electron chi connectivity index (χ4n) is 4.13. The van der Waals surface area contributed by atoms with Crippen LogP contribution in [0, 0.1) is 0 Å². The summed E-state index contributed by atoms with van der Waals surface area (Å²) in [6.45, 7) is 1.25. The van der Waals surface area contributed by atoms with Gasteiger partial charge in [0.15, 0.2) is 5.03 Å². The van der Waals surface area contributed by atoms with Gasteiger partial charge in [0.05, 0.1) is 6.61 Å². The highest BCUT2D eigenvalue weighted by Gasteiger charge is 2.17. The minimum absolute atomic E-state index is 0.0951. The molecule has 4 N–H and O–H groups in total. The van der Waals surface area contributed by atoms with Crippen molar-refractivity contribution in [1.29, 1.82) is 0 Å². The zero-order valence-corrected chi connectivity index (χ0v) is 18.9. The van der Waals surface area contributed by atoms with E-state index >= 15 is 0 Å². The van der Waals surface area contributed by atoms with Gasteiger partial charge in [-0.05, 0) is 67.3 Å². The lowest BCUT2D eigenvalue weighted by atomic mass is 9.98. The number of hydrogen-bond donors (Lipinski definition) is 2. The van der Waals surface area contributed by atoms with Crippen molar-refractivity contribution in [3.05, 3.63) is 53.9 Å². The lowest BCUT2D eigenvalue weighted by Gasteiger charge is -2.12. The Bertz CT molecular complexity index is 1190. The highest BCUT2D eigenvalue weighted by atomic mass is 32.2. The van der Waals surface area contributed by atoms with Crippen molar-refractivity contribution < 1.29 is 13.2 Å². The minimum atomic E-state index is -3.74. The molecule has 0 radical (unpaired) electrons. The molecule has 2 aromatic heterocycles. The summed E-state index contributed by atoms with van der Waals surface area (Å²) in [5.41, 5.74) is 12.1. The summed E-state index contributed by atoms with van der Waals surface area (Å²) >= 11 is 0. The quantitative estimate of drug-likeness (QED) is 0.357. The Morgan fingerprint density at radius 2 is 1.91 bits per heavy atom. The van der Waals surface area contributed by atoms with Crippen molar-refractivity contribution in [3.63, 3.8) is 0 Å². The second-order valence-corrected chi connectivity index (χ2v) is 9.63. The highest BCUT2D eigenvalue weighted by molar-refractivity contribution is 7.89. The van der Waals surface area contributed by atoms with Crippen LogP contribution < -0.4 is 15.6 Å². The zero-order valence-electron chi connectivity index (χ0n) is 18.0. The molecule has 0 atom stereocenters. The number of aryl methyl sites for hydroxylation is 2. The summed E-state index contributed by atoms with van der Waals surface area (Å²) in [5, 5.41) is 8.95. The number of sulfonamides is 1. The molecule has 170 valence electrons. The third-order valence-electron chi connectivity index (χ3n) is 5.81. The van der Waals surface area contributed by atoms with Crippen LogP contribution in [0.15, 0.2) is 47.8 Å². The number of primary sulfonamides is 1. The molecule has 0 amide bonds. The predicted molar refractivity (Wildman–Crippen MR) is 124 cm³/mol. The van der Waals surface area contributed by atoms with Crippen LogP contribution in [0.2, 0.25) is 0 Å². The van der Waals surface area contributed by atoms with Crippen molar-refractivity contribution in [1.82, 2.24) is 14.8 Å². The predicted octanol–water partition coefficient (Wildman–Crippen LogP) is 3.30. The molecule has 4 rings (SSSR count). The Balaban J connectivity index is 1.21. The number of unbranched alkanes of at least 4 members (excludes halogenated alkanes) is 3. The van der Waals surface area contributed by atoms with Crippen LogP contribution in [-0.4, -0.2) is 29.8 Å². The zero-order chi connectivity index (χ0) is 22.6.